The number of phenols is 1. The van der Waals surface area contributed by atoms with E-state index in [0.717, 1.165) is 80.2 Å². The molecule has 0 aliphatic heterocycles. The Morgan fingerprint density at radius 1 is 0.750 bits per heavy atom. The number of halogens is 1. The lowest BCUT2D eigenvalue weighted by Gasteiger charge is -2.17. The molecule has 0 saturated heterocycles. The molecule has 38 heteroatoms. The van der Waals surface area contributed by atoms with E-state index >= 15 is 0 Å². The van der Waals surface area contributed by atoms with E-state index in [2.05, 4.69) is 69.9 Å². The molecule has 1 atom stereocenters. The summed E-state index contributed by atoms with van der Waals surface area (Å²) in [4.78, 5) is 9.75. The molecule has 0 spiro atoms. The monoisotopic (exact) mass is 1200 g/mol. The number of fused-ring (bicyclic) bond motifs is 1. The Bertz CT molecular complexity index is 4020. The number of sulfone groups is 1. The first-order valence-corrected chi connectivity index (χ1v) is 31.2. The molecular formula is C38H43FN10O20S7. The van der Waals surface area contributed by atoms with Crippen molar-refractivity contribution in [2.45, 2.75) is 31.8 Å². The summed E-state index contributed by atoms with van der Waals surface area (Å²) in [6.07, 6.45) is -1.69. The lowest BCUT2D eigenvalue weighted by Crippen LogP contribution is -2.29. The molecule has 4 aromatic carbocycles. The molecule has 414 valence electrons. The van der Waals surface area contributed by atoms with Crippen LogP contribution < -0.4 is 16.0 Å². The molecule has 0 saturated carbocycles. The standard InChI is InChI=1S/C38H43FN10O20S7/c1-7-70(6,51)25-10-11-26(29(20-25)74(59,60)67-4)45-48-34-30(75(61,62)68-5)18-22-17-23(21-72(54,55)56)33(35(50)31(22)32(34)40)47-46-27-19-24(9-12-28(27)73(57,58)66-3)41-37-42-36(39)43-38(44-37)49(2)13-16-71(52,53)15-8-14-69-76(63,64)65/h7,9-12,17-20,50H,1,6,8,13-16,21,40H2,2-5H3,(H,54,55,56)(H,63,64,65)(H,41,42,43,44). The van der Waals surface area contributed by atoms with Crippen molar-refractivity contribution in [1.29, 1.82) is 0 Å². The van der Waals surface area contributed by atoms with Gasteiger partial charge in [0.1, 0.15) is 43.2 Å². The molecule has 0 aliphatic rings. The van der Waals surface area contributed by atoms with Gasteiger partial charge in [-0.2, -0.15) is 61.4 Å². The predicted octanol–water partition coefficient (Wildman–Crippen LogP) is 3.70. The molecule has 1 unspecified atom stereocenters. The van der Waals surface area contributed by atoms with E-state index in [0.29, 0.717) is 0 Å². The van der Waals surface area contributed by atoms with Crippen molar-refractivity contribution in [2.24, 2.45) is 20.5 Å². The second kappa shape index (κ2) is 23.1. The molecule has 76 heavy (non-hydrogen) atoms. The number of phenolic OH excluding ortho intramolecular Hbond substituents is 1. The molecule has 5 aromatic rings. The largest absolute Gasteiger partial charge is 0.505 e. The van der Waals surface area contributed by atoms with Gasteiger partial charge in [-0.25, -0.2) is 12.6 Å². The number of nitrogens with two attached hydrogens (primary N) is 1. The maximum absolute atomic E-state index is 14.8. The highest BCUT2D eigenvalue weighted by Crippen LogP contribution is 2.48. The van der Waals surface area contributed by atoms with Crippen molar-refractivity contribution in [3.63, 3.8) is 0 Å². The number of benzene rings is 4. The first-order valence-electron chi connectivity index (χ1n) is 20.4. The second-order valence-electron chi connectivity index (χ2n) is 15.2. The van der Waals surface area contributed by atoms with Gasteiger partial charge in [-0.1, -0.05) is 6.58 Å². The summed E-state index contributed by atoms with van der Waals surface area (Å²) in [6.45, 7) is 2.47. The first kappa shape index (κ1) is 60.6. The van der Waals surface area contributed by atoms with Gasteiger partial charge in [0.25, 0.3) is 40.5 Å². The van der Waals surface area contributed by atoms with Gasteiger partial charge in [0.2, 0.25) is 11.9 Å². The average molecular weight is 1200 g/mol. The fourth-order valence-electron chi connectivity index (χ4n) is 6.37. The molecule has 5 rings (SSSR count). The Hall–Kier alpha value is -6.30. The molecule has 0 fully saturated rings. The third-order valence-electron chi connectivity index (χ3n) is 10.1. The van der Waals surface area contributed by atoms with Gasteiger partial charge in [-0.05, 0) is 71.6 Å². The van der Waals surface area contributed by atoms with Gasteiger partial charge in [0.15, 0.2) is 15.6 Å². The van der Waals surface area contributed by atoms with Crippen LogP contribution in [-0.4, -0.2) is 143 Å². The Balaban J connectivity index is 1.64. The van der Waals surface area contributed by atoms with Gasteiger partial charge in [-0.3, -0.25) is 25.9 Å². The van der Waals surface area contributed by atoms with Crippen LogP contribution in [0.25, 0.3) is 10.8 Å². The van der Waals surface area contributed by atoms with Crippen molar-refractivity contribution < 1.29 is 90.1 Å². The number of anilines is 4. The quantitative estimate of drug-likeness (QED) is 0.0139. The zero-order chi connectivity index (χ0) is 57.0. The van der Waals surface area contributed by atoms with Crippen LogP contribution in [0.3, 0.4) is 0 Å². The zero-order valence-corrected chi connectivity index (χ0v) is 45.2. The molecule has 0 aliphatic carbocycles. The maximum atomic E-state index is 14.8. The molecule has 30 nitrogen and oxygen atoms in total. The summed E-state index contributed by atoms with van der Waals surface area (Å²) in [7, 11) is -27.7. The molecule has 6 N–H and O–H groups in total. The number of azo groups is 2. The number of hydrogen-bond donors (Lipinski definition) is 5. The third kappa shape index (κ3) is 15.0. The van der Waals surface area contributed by atoms with Crippen molar-refractivity contribution in [3.05, 3.63) is 72.2 Å². The van der Waals surface area contributed by atoms with Crippen LogP contribution in [0.1, 0.15) is 12.0 Å². The van der Waals surface area contributed by atoms with Crippen molar-refractivity contribution in [2.75, 3.05) is 69.0 Å². The molecule has 1 aromatic heterocycles. The second-order valence-corrected chi connectivity index (χ2v) is 27.3. The number of nitrogens with zero attached hydrogens (tertiary/aromatic N) is 8. The lowest BCUT2D eigenvalue weighted by molar-refractivity contribution is 0.269. The van der Waals surface area contributed by atoms with Crippen LogP contribution in [0, 0.1) is 6.08 Å². The van der Waals surface area contributed by atoms with Crippen LogP contribution in [0.4, 0.5) is 50.4 Å². The molecule has 0 amide bonds. The van der Waals surface area contributed by atoms with E-state index in [4.69, 9.17) is 10.3 Å². The van der Waals surface area contributed by atoms with Gasteiger partial charge < -0.3 is 21.1 Å². The van der Waals surface area contributed by atoms with Crippen molar-refractivity contribution in [1.82, 2.24) is 15.0 Å². The fourth-order valence-corrected chi connectivity index (χ4v) is 11.9. The number of aromatic nitrogens is 3. The van der Waals surface area contributed by atoms with Crippen LogP contribution in [0.15, 0.2) is 101 Å². The van der Waals surface area contributed by atoms with Crippen LogP contribution in [0.5, 0.6) is 5.75 Å². The summed E-state index contributed by atoms with van der Waals surface area (Å²) in [5.41, 5.74) is 2.07. The minimum Gasteiger partial charge on any atom is -0.505 e. The maximum Gasteiger partial charge on any atom is 0.397 e. The smallest absolute Gasteiger partial charge is 0.397 e. The predicted molar refractivity (Wildman–Crippen MR) is 270 cm³/mol. The van der Waals surface area contributed by atoms with E-state index in [9.17, 15) is 68.8 Å². The first-order chi connectivity index (χ1) is 35.1. The Morgan fingerprint density at radius 2 is 1.36 bits per heavy atom. The van der Waals surface area contributed by atoms with Crippen LogP contribution >= 0.6 is 0 Å². The summed E-state index contributed by atoms with van der Waals surface area (Å²) >= 11 is 0. The topological polar surface area (TPSA) is 449 Å². The normalized spacial score (nSPS) is 13.8. The SMILES string of the molecule is C=CS(=C)(=O)c1ccc(N=Nc2c(S(=O)(=O)OC)cc3cc(CS(=O)(=O)O)c(N=Nc4cc(Nc5nc(F)nc(N(C)CCS(=O)(=O)CCCOS(=O)(=O)O)n5)ccc4S(=O)(=O)OC)c(O)c3c2N)c(S(=O)(=O)OC)c1. The van der Waals surface area contributed by atoms with Gasteiger partial charge >= 0.3 is 16.5 Å². The highest BCUT2D eigenvalue weighted by Gasteiger charge is 2.29. The van der Waals surface area contributed by atoms with E-state index in [1.54, 1.807) is 0 Å². The summed E-state index contributed by atoms with van der Waals surface area (Å²) in [5.74, 6) is -1.03. The van der Waals surface area contributed by atoms with E-state index in [1.807, 2.05) is 0 Å². The number of nitrogens with one attached hydrogen (secondary N) is 1. The highest BCUT2D eigenvalue weighted by molar-refractivity contribution is 8.03. The van der Waals surface area contributed by atoms with Crippen LogP contribution in [-0.2, 0) is 92.7 Å². The summed E-state index contributed by atoms with van der Waals surface area (Å²) in [5, 5.41) is 30.1. The minimum absolute atomic E-state index is 0.139. The molecular weight excluding hydrogens is 1160 g/mol. The third-order valence-corrected chi connectivity index (χ3v) is 18.4. The highest BCUT2D eigenvalue weighted by atomic mass is 32.3. The van der Waals surface area contributed by atoms with E-state index in [-0.39, 0.29) is 28.9 Å². The molecule has 0 radical (unpaired) electrons. The van der Waals surface area contributed by atoms with Crippen LogP contribution in [0.2, 0.25) is 0 Å². The van der Waals surface area contributed by atoms with E-state index in [1.165, 1.54) is 7.05 Å². The summed E-state index contributed by atoms with van der Waals surface area (Å²) < 4.78 is 215. The van der Waals surface area contributed by atoms with Crippen molar-refractivity contribution in [3.8, 4) is 5.75 Å². The van der Waals surface area contributed by atoms with Gasteiger partial charge in [0.05, 0.1) is 50.5 Å². The van der Waals surface area contributed by atoms with Gasteiger partial charge in [-0.15, -0.1) is 20.5 Å². The molecule has 0 bridgehead atoms. The Kier molecular flexibility index (Phi) is 18.4. The number of aromatic hydroxyl groups is 1. The summed E-state index contributed by atoms with van der Waals surface area (Å²) in [6, 6.07) is 7.69. The number of nitrogen functional groups attached to an aromatic ring is 1. The minimum atomic E-state index is -5.06. The Morgan fingerprint density at radius 3 is 1.96 bits per heavy atom. The number of rotatable bonds is 25. The average Bonchev–Trinajstić information content (AvgIpc) is 3.32. The lowest BCUT2D eigenvalue weighted by atomic mass is 10.0. The van der Waals surface area contributed by atoms with Gasteiger partial charge in [0, 0.05) is 39.3 Å². The fraction of sp³-hybridized carbons (Fsp3) is 0.263. The zero-order valence-electron chi connectivity index (χ0n) is 39.5. The Labute approximate surface area is 434 Å². The number of hydrogen-bond acceptors (Lipinski definition) is 28. The van der Waals surface area contributed by atoms with E-state index < -0.39 is 172 Å². The molecule has 1 heterocycles. The van der Waals surface area contributed by atoms with Crippen molar-refractivity contribution >= 4 is 133 Å².